The molecule has 36 heavy (non-hydrogen) atoms. The minimum absolute atomic E-state index is 0.187. The summed E-state index contributed by atoms with van der Waals surface area (Å²) in [7, 11) is 1.92. The minimum Gasteiger partial charge on any atom is -0.481 e. The summed E-state index contributed by atoms with van der Waals surface area (Å²) in [5.41, 5.74) is 5.62. The van der Waals surface area contributed by atoms with Crippen LogP contribution in [0.2, 0.25) is 5.02 Å². The molecule has 1 saturated heterocycles. The molecule has 1 aliphatic carbocycles. The molecule has 7 rings (SSSR count). The van der Waals surface area contributed by atoms with E-state index in [-0.39, 0.29) is 17.8 Å². The number of halogens is 1. The zero-order valence-electron chi connectivity index (χ0n) is 19.8. The highest BCUT2D eigenvalue weighted by Gasteiger charge is 2.60. The predicted octanol–water partition coefficient (Wildman–Crippen LogP) is 4.70. The lowest BCUT2D eigenvalue weighted by Gasteiger charge is -2.20. The number of rotatable bonds is 4. The zero-order chi connectivity index (χ0) is 24.7. The van der Waals surface area contributed by atoms with Crippen LogP contribution in [0, 0.1) is 24.7 Å². The third kappa shape index (κ3) is 3.14. The van der Waals surface area contributed by atoms with Crippen LogP contribution in [0.25, 0.3) is 38.8 Å². The Labute approximate surface area is 211 Å². The van der Waals surface area contributed by atoms with Gasteiger partial charge in [0.2, 0.25) is 0 Å². The van der Waals surface area contributed by atoms with Gasteiger partial charge < -0.3 is 10.0 Å². The molecule has 0 bridgehead atoms. The first kappa shape index (κ1) is 21.4. The Kier molecular flexibility index (Phi) is 4.48. The average molecular weight is 499 g/mol. The molecular weight excluding hydrogens is 476 g/mol. The largest absolute Gasteiger partial charge is 0.481 e. The first-order chi connectivity index (χ1) is 17.4. The van der Waals surface area contributed by atoms with Crippen molar-refractivity contribution < 1.29 is 9.90 Å². The van der Waals surface area contributed by atoms with Crippen LogP contribution < -0.4 is 4.90 Å². The summed E-state index contributed by atoms with van der Waals surface area (Å²) < 4.78 is 3.75. The van der Waals surface area contributed by atoms with Crippen LogP contribution in [0.15, 0.2) is 54.9 Å². The van der Waals surface area contributed by atoms with E-state index in [1.165, 1.54) is 0 Å². The van der Waals surface area contributed by atoms with E-state index in [9.17, 15) is 9.90 Å². The quantitative estimate of drug-likeness (QED) is 0.386. The monoisotopic (exact) mass is 498 g/mol. The molecular formula is C27H23ClN6O2. The third-order valence-corrected chi connectivity index (χ3v) is 7.85. The van der Waals surface area contributed by atoms with Gasteiger partial charge in [-0.25, -0.2) is 9.67 Å². The number of aliphatic carboxylic acids is 1. The van der Waals surface area contributed by atoms with Crippen LogP contribution in [-0.2, 0) is 11.8 Å². The molecule has 180 valence electrons. The molecule has 2 aromatic carbocycles. The molecule has 2 aliphatic rings. The van der Waals surface area contributed by atoms with Crippen LogP contribution in [0.4, 0.5) is 5.82 Å². The summed E-state index contributed by atoms with van der Waals surface area (Å²) in [4.78, 5) is 18.2. The molecule has 1 unspecified atom stereocenters. The summed E-state index contributed by atoms with van der Waals surface area (Å²) in [6.07, 6.45) is 3.85. The Morgan fingerprint density at radius 1 is 1.08 bits per heavy atom. The molecule has 2 fully saturated rings. The average Bonchev–Trinajstić information content (AvgIpc) is 3.18. The van der Waals surface area contributed by atoms with Gasteiger partial charge in [-0.15, -0.1) is 0 Å². The van der Waals surface area contributed by atoms with E-state index in [2.05, 4.69) is 16.1 Å². The summed E-state index contributed by atoms with van der Waals surface area (Å²) in [6, 6.07) is 14.0. The number of hydrogen-bond acceptors (Lipinski definition) is 5. The van der Waals surface area contributed by atoms with Crippen LogP contribution in [0.1, 0.15) is 5.56 Å². The fraction of sp³-hybridized carbons (Fsp3) is 0.259. The fourth-order valence-electron chi connectivity index (χ4n) is 5.93. The third-order valence-electron chi connectivity index (χ3n) is 7.63. The number of carbonyl (C=O) groups is 1. The molecule has 3 atom stereocenters. The van der Waals surface area contributed by atoms with Crippen LogP contribution in [-0.4, -0.2) is 48.7 Å². The molecule has 3 aromatic heterocycles. The summed E-state index contributed by atoms with van der Waals surface area (Å²) >= 11 is 6.49. The van der Waals surface area contributed by atoms with Gasteiger partial charge in [-0.1, -0.05) is 23.7 Å². The number of nitrogens with zero attached hydrogens (tertiary/aromatic N) is 6. The Bertz CT molecular complexity index is 1680. The summed E-state index contributed by atoms with van der Waals surface area (Å²) in [6.45, 7) is 3.53. The standard InChI is InChI=1S/C27H23ClN6O2/c1-14-8-15(28)9-18-25(17-4-3-5-22-19(17)11-32(2)30-22)31-34(26(14)18)16-6-7-23(29-10-16)33-12-20-21(13-33)24(20)27(35)36/h3-11,20-21,24H,12-13H2,1-2H3,(H,35,36)/t20-,21+,24?. The molecule has 8 nitrogen and oxygen atoms in total. The van der Waals surface area contributed by atoms with Crippen molar-refractivity contribution in [3.63, 3.8) is 0 Å². The molecule has 1 N–H and O–H groups in total. The molecule has 5 aromatic rings. The number of aromatic nitrogens is 5. The highest BCUT2D eigenvalue weighted by molar-refractivity contribution is 6.31. The maximum Gasteiger partial charge on any atom is 0.307 e. The van der Waals surface area contributed by atoms with Crippen molar-refractivity contribution >= 4 is 45.2 Å². The number of pyridine rings is 1. The lowest BCUT2D eigenvalue weighted by Crippen LogP contribution is -2.26. The van der Waals surface area contributed by atoms with E-state index in [1.54, 1.807) is 0 Å². The Balaban J connectivity index is 1.31. The number of carboxylic acids is 1. The molecule has 9 heteroatoms. The van der Waals surface area contributed by atoms with Gasteiger partial charge in [0.25, 0.3) is 0 Å². The van der Waals surface area contributed by atoms with Gasteiger partial charge >= 0.3 is 5.97 Å². The number of benzene rings is 2. The highest BCUT2D eigenvalue weighted by atomic mass is 35.5. The van der Waals surface area contributed by atoms with Gasteiger partial charge in [0.05, 0.1) is 28.8 Å². The van der Waals surface area contributed by atoms with Crippen molar-refractivity contribution in [3.8, 4) is 16.9 Å². The number of aryl methyl sites for hydroxylation is 2. The number of piperidine rings is 1. The van der Waals surface area contributed by atoms with E-state index in [1.807, 2.05) is 72.1 Å². The second-order valence-corrected chi connectivity index (χ2v) is 10.3. The van der Waals surface area contributed by atoms with Crippen molar-refractivity contribution in [3.05, 3.63) is 65.4 Å². The number of anilines is 1. The van der Waals surface area contributed by atoms with Crippen molar-refractivity contribution in [2.45, 2.75) is 6.92 Å². The molecule has 0 radical (unpaired) electrons. The van der Waals surface area contributed by atoms with E-state index in [0.29, 0.717) is 5.02 Å². The van der Waals surface area contributed by atoms with Crippen molar-refractivity contribution in [2.75, 3.05) is 18.0 Å². The second-order valence-electron chi connectivity index (χ2n) is 9.89. The van der Waals surface area contributed by atoms with Gasteiger partial charge in [-0.05, 0) is 54.7 Å². The van der Waals surface area contributed by atoms with Gasteiger partial charge in [-0.2, -0.15) is 10.2 Å². The second kappa shape index (κ2) is 7.54. The molecule has 0 amide bonds. The summed E-state index contributed by atoms with van der Waals surface area (Å²) in [5.74, 6) is 0.486. The van der Waals surface area contributed by atoms with Crippen LogP contribution in [0.5, 0.6) is 0 Å². The van der Waals surface area contributed by atoms with Gasteiger partial charge in [0.15, 0.2) is 0 Å². The van der Waals surface area contributed by atoms with Crippen LogP contribution >= 0.6 is 11.6 Å². The molecule has 1 saturated carbocycles. The predicted molar refractivity (Wildman–Crippen MR) is 139 cm³/mol. The zero-order valence-corrected chi connectivity index (χ0v) is 20.5. The molecule has 0 spiro atoms. The van der Waals surface area contributed by atoms with E-state index in [0.717, 1.165) is 63.2 Å². The maximum absolute atomic E-state index is 11.3. The lowest BCUT2D eigenvalue weighted by molar-refractivity contribution is -0.139. The lowest BCUT2D eigenvalue weighted by atomic mass is 10.0. The number of fused-ring (bicyclic) bond motifs is 3. The van der Waals surface area contributed by atoms with Gasteiger partial charge in [0, 0.05) is 47.7 Å². The van der Waals surface area contributed by atoms with Crippen LogP contribution in [0.3, 0.4) is 0 Å². The topological polar surface area (TPSA) is 89.1 Å². The number of hydrogen-bond donors (Lipinski definition) is 1. The summed E-state index contributed by atoms with van der Waals surface area (Å²) in [5, 5.41) is 21.6. The Morgan fingerprint density at radius 3 is 2.61 bits per heavy atom. The van der Waals surface area contributed by atoms with Crippen molar-refractivity contribution in [1.29, 1.82) is 0 Å². The van der Waals surface area contributed by atoms with Gasteiger partial charge in [-0.3, -0.25) is 9.48 Å². The SMILES string of the molecule is Cc1cc(Cl)cc2c(-c3cccc4nn(C)cc34)nn(-c3ccc(N4C[C@@H]5C(C(=O)O)[C@@H]5C4)nc3)c12. The minimum atomic E-state index is -0.674. The number of carboxylic acid groups (broad SMARTS) is 1. The van der Waals surface area contributed by atoms with Crippen molar-refractivity contribution in [1.82, 2.24) is 24.5 Å². The first-order valence-electron chi connectivity index (χ1n) is 11.9. The molecule has 4 heterocycles. The van der Waals surface area contributed by atoms with E-state index >= 15 is 0 Å². The van der Waals surface area contributed by atoms with E-state index < -0.39 is 5.97 Å². The smallest absolute Gasteiger partial charge is 0.307 e. The fourth-order valence-corrected chi connectivity index (χ4v) is 6.20. The van der Waals surface area contributed by atoms with E-state index in [4.69, 9.17) is 21.7 Å². The molecule has 1 aliphatic heterocycles. The highest BCUT2D eigenvalue weighted by Crippen LogP contribution is 2.52. The van der Waals surface area contributed by atoms with Gasteiger partial charge in [0.1, 0.15) is 11.5 Å². The Morgan fingerprint density at radius 2 is 1.89 bits per heavy atom. The normalized spacial score (nSPS) is 20.9. The first-order valence-corrected chi connectivity index (χ1v) is 12.3. The Hall–Kier alpha value is -3.91. The van der Waals surface area contributed by atoms with Crippen molar-refractivity contribution in [2.24, 2.45) is 24.8 Å². The maximum atomic E-state index is 11.3.